The van der Waals surface area contributed by atoms with Gasteiger partial charge in [-0.25, -0.2) is 4.68 Å². The van der Waals surface area contributed by atoms with Gasteiger partial charge in [-0.3, -0.25) is 0 Å². The van der Waals surface area contributed by atoms with Crippen molar-refractivity contribution in [2.75, 3.05) is 0 Å². The largest absolute Gasteiger partial charge is 0.215 e. The molecule has 0 amide bonds. The maximum atomic E-state index is 8.73. The van der Waals surface area contributed by atoms with Gasteiger partial charge < -0.3 is 0 Å². The van der Waals surface area contributed by atoms with Crippen LogP contribution >= 0.6 is 23.1 Å². The Labute approximate surface area is 101 Å². The third-order valence-corrected chi connectivity index (χ3v) is 3.67. The zero-order valence-corrected chi connectivity index (χ0v) is 10.2. The van der Waals surface area contributed by atoms with Gasteiger partial charge in [0.25, 0.3) is 0 Å². The first-order chi connectivity index (χ1) is 7.79. The van der Waals surface area contributed by atoms with Crippen LogP contribution in [-0.4, -0.2) is 25.5 Å². The molecule has 0 N–H and O–H groups in total. The summed E-state index contributed by atoms with van der Waals surface area (Å²) in [6, 6.07) is 6.18. The van der Waals surface area contributed by atoms with Gasteiger partial charge in [-0.2, -0.15) is 5.26 Å². The molecular formula is C9H9N5S2. The van der Waals surface area contributed by atoms with Gasteiger partial charge >= 0.3 is 0 Å². The molecule has 2 aromatic rings. The fourth-order valence-electron chi connectivity index (χ4n) is 1.11. The Hall–Kier alpha value is -1.39. The molecule has 2 heterocycles. The highest BCUT2D eigenvalue weighted by Gasteiger charge is 2.11. The summed E-state index contributed by atoms with van der Waals surface area (Å²) in [6.07, 6.45) is 0. The molecule has 1 atom stereocenters. The minimum atomic E-state index is -0.145. The van der Waals surface area contributed by atoms with Crippen molar-refractivity contribution in [3.05, 3.63) is 22.4 Å². The number of tetrazole rings is 1. The number of nitriles is 1. The smallest absolute Gasteiger partial charge is 0.210 e. The molecule has 82 valence electrons. The summed E-state index contributed by atoms with van der Waals surface area (Å²) < 4.78 is 1.71. The van der Waals surface area contributed by atoms with E-state index in [-0.39, 0.29) is 5.25 Å². The average molecular weight is 251 g/mol. The van der Waals surface area contributed by atoms with Crippen molar-refractivity contribution in [1.82, 2.24) is 20.2 Å². The van der Waals surface area contributed by atoms with Gasteiger partial charge in [-0.05, 0) is 28.8 Å². The molecule has 0 saturated heterocycles. The number of nitrogens with zero attached hydrogens (tertiary/aromatic N) is 5. The second-order valence-electron chi connectivity index (χ2n) is 3.09. The fourth-order valence-corrected chi connectivity index (χ4v) is 2.48. The van der Waals surface area contributed by atoms with E-state index >= 15 is 0 Å². The zero-order chi connectivity index (χ0) is 11.4. The Balaban J connectivity index is 2.11. The number of hydrogen-bond donors (Lipinski definition) is 0. The third-order valence-electron chi connectivity index (χ3n) is 1.85. The van der Waals surface area contributed by atoms with Crippen LogP contribution in [0.1, 0.15) is 11.8 Å². The van der Waals surface area contributed by atoms with Gasteiger partial charge in [0.1, 0.15) is 0 Å². The quantitative estimate of drug-likeness (QED) is 0.775. The van der Waals surface area contributed by atoms with E-state index in [4.69, 9.17) is 5.26 Å². The molecule has 0 aromatic carbocycles. The highest BCUT2D eigenvalue weighted by Crippen LogP contribution is 2.20. The SMILES string of the molecule is CC(C#N)Sc1nnnn1Cc1cccs1. The van der Waals surface area contributed by atoms with Crippen molar-refractivity contribution in [2.24, 2.45) is 0 Å². The molecule has 2 aromatic heterocycles. The second kappa shape index (κ2) is 5.09. The molecule has 1 unspecified atom stereocenters. The first kappa shape index (κ1) is 11.1. The Morgan fingerprint density at radius 3 is 3.25 bits per heavy atom. The molecule has 16 heavy (non-hydrogen) atoms. The lowest BCUT2D eigenvalue weighted by Gasteiger charge is -2.02. The first-order valence-corrected chi connectivity index (χ1v) is 6.40. The zero-order valence-electron chi connectivity index (χ0n) is 8.57. The van der Waals surface area contributed by atoms with Crippen LogP contribution in [0.15, 0.2) is 22.7 Å². The summed E-state index contributed by atoms with van der Waals surface area (Å²) in [5.41, 5.74) is 0. The highest BCUT2D eigenvalue weighted by atomic mass is 32.2. The molecule has 0 saturated carbocycles. The van der Waals surface area contributed by atoms with Gasteiger partial charge in [-0.15, -0.1) is 16.4 Å². The van der Waals surface area contributed by atoms with E-state index in [1.54, 1.807) is 16.0 Å². The number of rotatable bonds is 4. The van der Waals surface area contributed by atoms with Gasteiger partial charge in [0.05, 0.1) is 17.9 Å². The Morgan fingerprint density at radius 2 is 2.56 bits per heavy atom. The lowest BCUT2D eigenvalue weighted by atomic mass is 10.5. The van der Waals surface area contributed by atoms with Crippen LogP contribution in [0.25, 0.3) is 0 Å². The molecule has 0 aliphatic heterocycles. The molecule has 0 aliphatic rings. The molecule has 0 bridgehead atoms. The molecule has 0 aliphatic carbocycles. The van der Waals surface area contributed by atoms with E-state index < -0.39 is 0 Å². The van der Waals surface area contributed by atoms with E-state index in [2.05, 4.69) is 21.6 Å². The van der Waals surface area contributed by atoms with Crippen molar-refractivity contribution in [3.8, 4) is 6.07 Å². The van der Waals surface area contributed by atoms with Gasteiger partial charge in [0.2, 0.25) is 5.16 Å². The van der Waals surface area contributed by atoms with E-state index in [0.717, 1.165) is 0 Å². The molecule has 5 nitrogen and oxygen atoms in total. The van der Waals surface area contributed by atoms with Crippen molar-refractivity contribution in [2.45, 2.75) is 23.9 Å². The lowest BCUT2D eigenvalue weighted by Crippen LogP contribution is -2.04. The summed E-state index contributed by atoms with van der Waals surface area (Å²) in [5.74, 6) is 0. The van der Waals surface area contributed by atoms with Gasteiger partial charge in [0.15, 0.2) is 0 Å². The van der Waals surface area contributed by atoms with Crippen LogP contribution < -0.4 is 0 Å². The molecule has 7 heteroatoms. The van der Waals surface area contributed by atoms with Crippen LogP contribution in [0, 0.1) is 11.3 Å². The minimum absolute atomic E-state index is 0.145. The maximum absolute atomic E-state index is 8.73. The van der Waals surface area contributed by atoms with E-state index in [1.165, 1.54) is 16.6 Å². The topological polar surface area (TPSA) is 67.4 Å². The Morgan fingerprint density at radius 1 is 1.69 bits per heavy atom. The van der Waals surface area contributed by atoms with E-state index in [1.807, 2.05) is 24.4 Å². The average Bonchev–Trinajstić information content (AvgIpc) is 2.92. The van der Waals surface area contributed by atoms with Crippen LogP contribution in [0.2, 0.25) is 0 Å². The molecule has 0 radical (unpaired) electrons. The summed E-state index contributed by atoms with van der Waals surface area (Å²) in [4.78, 5) is 1.19. The standard InChI is InChI=1S/C9H9N5S2/c1-7(5-10)16-9-11-12-13-14(9)6-8-3-2-4-15-8/h2-4,7H,6H2,1H3. The normalized spacial score (nSPS) is 12.2. The van der Waals surface area contributed by atoms with E-state index in [0.29, 0.717) is 11.7 Å². The van der Waals surface area contributed by atoms with E-state index in [9.17, 15) is 0 Å². The molecule has 0 fully saturated rings. The Kier molecular flexibility index (Phi) is 3.54. The van der Waals surface area contributed by atoms with Gasteiger partial charge in [-0.1, -0.05) is 17.8 Å². The summed E-state index contributed by atoms with van der Waals surface area (Å²) >= 11 is 3.03. The summed E-state index contributed by atoms with van der Waals surface area (Å²) in [7, 11) is 0. The summed E-state index contributed by atoms with van der Waals surface area (Å²) in [6.45, 7) is 2.49. The lowest BCUT2D eigenvalue weighted by molar-refractivity contribution is 0.608. The monoisotopic (exact) mass is 251 g/mol. The predicted molar refractivity (Wildman–Crippen MR) is 62.2 cm³/mol. The van der Waals surface area contributed by atoms with Gasteiger partial charge in [0, 0.05) is 4.88 Å². The molecule has 2 rings (SSSR count). The van der Waals surface area contributed by atoms with Crippen molar-refractivity contribution < 1.29 is 0 Å². The van der Waals surface area contributed by atoms with Crippen molar-refractivity contribution in [1.29, 1.82) is 5.26 Å². The van der Waals surface area contributed by atoms with Crippen molar-refractivity contribution in [3.63, 3.8) is 0 Å². The van der Waals surface area contributed by atoms with Crippen LogP contribution in [0.5, 0.6) is 0 Å². The van der Waals surface area contributed by atoms with Crippen LogP contribution in [0.4, 0.5) is 0 Å². The molecular weight excluding hydrogens is 242 g/mol. The first-order valence-electron chi connectivity index (χ1n) is 4.64. The number of thioether (sulfide) groups is 1. The minimum Gasteiger partial charge on any atom is -0.215 e. The maximum Gasteiger partial charge on any atom is 0.210 e. The van der Waals surface area contributed by atoms with Crippen molar-refractivity contribution >= 4 is 23.1 Å². The number of hydrogen-bond acceptors (Lipinski definition) is 6. The fraction of sp³-hybridized carbons (Fsp3) is 0.333. The second-order valence-corrected chi connectivity index (χ2v) is 5.43. The van der Waals surface area contributed by atoms with Crippen LogP contribution in [0.3, 0.4) is 0 Å². The number of thiophene rings is 1. The third kappa shape index (κ3) is 2.59. The predicted octanol–water partition coefficient (Wildman–Crippen LogP) is 1.79. The molecule has 0 spiro atoms. The number of aromatic nitrogens is 4. The summed E-state index contributed by atoms with van der Waals surface area (Å²) in [5, 5.41) is 22.7. The van der Waals surface area contributed by atoms with Crippen LogP contribution in [-0.2, 0) is 6.54 Å². The highest BCUT2D eigenvalue weighted by molar-refractivity contribution is 8.00. The Bertz CT molecular complexity index is 484.